The van der Waals surface area contributed by atoms with Crippen LogP contribution in [0.4, 0.5) is 16.0 Å². The van der Waals surface area contributed by atoms with Gasteiger partial charge in [0, 0.05) is 30.2 Å². The van der Waals surface area contributed by atoms with E-state index < -0.39 is 5.82 Å². The van der Waals surface area contributed by atoms with Crippen LogP contribution >= 0.6 is 11.6 Å². The Bertz CT molecular complexity index is 1240. The van der Waals surface area contributed by atoms with Crippen molar-refractivity contribution < 1.29 is 4.39 Å². The number of hydrogen-bond donors (Lipinski definition) is 2. The Kier molecular flexibility index (Phi) is 8.71. The second-order valence-corrected chi connectivity index (χ2v) is 8.02. The van der Waals surface area contributed by atoms with Crippen molar-refractivity contribution in [2.24, 2.45) is 0 Å². The molecule has 5 nitrogen and oxygen atoms in total. The van der Waals surface area contributed by atoms with Crippen molar-refractivity contribution in [3.8, 4) is 0 Å². The lowest BCUT2D eigenvalue weighted by atomic mass is 9.93. The van der Waals surface area contributed by atoms with Crippen LogP contribution in [0.25, 0.3) is 11.1 Å². The minimum absolute atomic E-state index is 0.0418. The second-order valence-electron chi connectivity index (χ2n) is 7.61. The molecule has 2 aromatic heterocycles. The van der Waals surface area contributed by atoms with Crippen LogP contribution < -0.4 is 10.6 Å². The number of aromatic nitrogens is 3. The smallest absolute Gasteiger partial charge is 0.227 e. The van der Waals surface area contributed by atoms with E-state index in [4.69, 9.17) is 16.6 Å². The Morgan fingerprint density at radius 1 is 1.15 bits per heavy atom. The van der Waals surface area contributed by atoms with Gasteiger partial charge in [-0.25, -0.2) is 14.4 Å². The third-order valence-electron chi connectivity index (χ3n) is 5.07. The largest absolute Gasteiger partial charge is 0.368 e. The number of benzene rings is 1. The molecule has 174 valence electrons. The summed E-state index contributed by atoms with van der Waals surface area (Å²) in [7, 11) is 0. The molecule has 0 fully saturated rings. The van der Waals surface area contributed by atoms with Gasteiger partial charge in [-0.05, 0) is 72.7 Å². The van der Waals surface area contributed by atoms with Gasteiger partial charge in [0.2, 0.25) is 5.95 Å². The summed E-state index contributed by atoms with van der Waals surface area (Å²) in [6.07, 6.45) is 11.5. The summed E-state index contributed by atoms with van der Waals surface area (Å²) in [5.41, 5.74) is 4.86. The van der Waals surface area contributed by atoms with Gasteiger partial charge >= 0.3 is 0 Å². The maximum Gasteiger partial charge on any atom is 0.227 e. The Hall–Kier alpha value is -3.77. The lowest BCUT2D eigenvalue weighted by Gasteiger charge is -2.14. The first-order valence-electron chi connectivity index (χ1n) is 10.8. The fraction of sp³-hybridized carbons (Fsp3) is 0.148. The van der Waals surface area contributed by atoms with Crippen molar-refractivity contribution in [1.29, 1.82) is 0 Å². The molecule has 0 amide bonds. The number of hydrogen-bond acceptors (Lipinski definition) is 5. The molecule has 0 saturated carbocycles. The molecule has 0 spiro atoms. The lowest BCUT2D eigenvalue weighted by Crippen LogP contribution is -2.02. The Morgan fingerprint density at radius 2 is 1.94 bits per heavy atom. The van der Waals surface area contributed by atoms with E-state index in [1.165, 1.54) is 6.07 Å². The van der Waals surface area contributed by atoms with Crippen LogP contribution in [0.3, 0.4) is 0 Å². The van der Waals surface area contributed by atoms with Crippen molar-refractivity contribution in [2.75, 3.05) is 5.32 Å². The second kappa shape index (κ2) is 11.9. The molecular formula is C27H27ClFN5. The Labute approximate surface area is 204 Å². The standard InChI is InChI=1S/C27H27ClFN5/c1-5-19(20-7-8-23(28)24(29)16-20)15-21(9-12-30-6-2)25-11-14-32-27(34-25)33-22-10-13-31-26(17-22)18(3)4/h6-17,19,30H,2-3,5H2,1,4H3,(H,31,32,33,34)/b12-9-,21-15+. The van der Waals surface area contributed by atoms with Gasteiger partial charge in [0.05, 0.1) is 16.4 Å². The molecule has 34 heavy (non-hydrogen) atoms. The Morgan fingerprint density at radius 3 is 2.65 bits per heavy atom. The minimum atomic E-state index is -0.434. The molecule has 0 aliphatic carbocycles. The molecule has 3 rings (SSSR count). The number of nitrogens with one attached hydrogen (secondary N) is 2. The van der Waals surface area contributed by atoms with Crippen LogP contribution in [0, 0.1) is 5.82 Å². The highest BCUT2D eigenvalue weighted by Crippen LogP contribution is 2.29. The van der Waals surface area contributed by atoms with Gasteiger partial charge in [-0.2, -0.15) is 0 Å². The van der Waals surface area contributed by atoms with Gasteiger partial charge in [-0.1, -0.05) is 43.8 Å². The highest BCUT2D eigenvalue weighted by Gasteiger charge is 2.12. The van der Waals surface area contributed by atoms with E-state index >= 15 is 0 Å². The summed E-state index contributed by atoms with van der Waals surface area (Å²) in [6, 6.07) is 10.5. The van der Waals surface area contributed by atoms with Crippen LogP contribution in [-0.4, -0.2) is 15.0 Å². The van der Waals surface area contributed by atoms with Gasteiger partial charge in [0.15, 0.2) is 0 Å². The maximum atomic E-state index is 14.1. The zero-order chi connectivity index (χ0) is 24.5. The first-order chi connectivity index (χ1) is 16.4. The third-order valence-corrected chi connectivity index (χ3v) is 5.38. The minimum Gasteiger partial charge on any atom is -0.368 e. The molecule has 2 heterocycles. The SMILES string of the molecule is C=CN/C=C\C(=C/C(CC)c1ccc(Cl)c(F)c1)c1ccnc(Nc2ccnc(C(=C)C)c2)n1. The zero-order valence-electron chi connectivity index (χ0n) is 19.2. The molecule has 3 aromatic rings. The average Bonchev–Trinajstić information content (AvgIpc) is 2.83. The van der Waals surface area contributed by atoms with E-state index in [9.17, 15) is 4.39 Å². The van der Waals surface area contributed by atoms with E-state index in [0.29, 0.717) is 11.6 Å². The number of rotatable bonds is 10. The maximum absolute atomic E-state index is 14.1. The molecule has 0 aliphatic heterocycles. The highest BCUT2D eigenvalue weighted by atomic mass is 35.5. The molecule has 0 aliphatic rings. The fourth-order valence-corrected chi connectivity index (χ4v) is 3.41. The summed E-state index contributed by atoms with van der Waals surface area (Å²) in [5, 5.41) is 6.29. The molecule has 1 aromatic carbocycles. The quantitative estimate of drug-likeness (QED) is 0.302. The van der Waals surface area contributed by atoms with Gasteiger partial charge in [0.25, 0.3) is 0 Å². The van der Waals surface area contributed by atoms with Gasteiger partial charge in [-0.3, -0.25) is 4.98 Å². The highest BCUT2D eigenvalue weighted by molar-refractivity contribution is 6.30. The number of pyridine rings is 1. The van der Waals surface area contributed by atoms with Crippen LogP contribution in [0.1, 0.15) is 43.1 Å². The van der Waals surface area contributed by atoms with Crippen molar-refractivity contribution >= 4 is 34.4 Å². The third kappa shape index (κ3) is 6.62. The zero-order valence-corrected chi connectivity index (χ0v) is 20.0. The van der Waals surface area contributed by atoms with Crippen LogP contribution in [0.5, 0.6) is 0 Å². The van der Waals surface area contributed by atoms with E-state index in [1.54, 1.807) is 30.9 Å². The van der Waals surface area contributed by atoms with E-state index in [2.05, 4.69) is 39.8 Å². The van der Waals surface area contributed by atoms with E-state index in [0.717, 1.165) is 34.5 Å². The van der Waals surface area contributed by atoms with Crippen LogP contribution in [-0.2, 0) is 0 Å². The van der Waals surface area contributed by atoms with Crippen molar-refractivity contribution in [3.05, 3.63) is 114 Å². The lowest BCUT2D eigenvalue weighted by molar-refractivity contribution is 0.623. The Balaban J connectivity index is 1.97. The molecule has 0 saturated heterocycles. The number of nitrogens with zero attached hydrogens (tertiary/aromatic N) is 3. The summed E-state index contributed by atoms with van der Waals surface area (Å²) in [5.74, 6) is -0.0331. The molecule has 0 radical (unpaired) electrons. The van der Waals surface area contributed by atoms with Crippen molar-refractivity contribution in [1.82, 2.24) is 20.3 Å². The van der Waals surface area contributed by atoms with Gasteiger partial charge < -0.3 is 10.6 Å². The fourth-order valence-electron chi connectivity index (χ4n) is 3.29. The predicted octanol–water partition coefficient (Wildman–Crippen LogP) is 7.26. The monoisotopic (exact) mass is 475 g/mol. The van der Waals surface area contributed by atoms with Crippen molar-refractivity contribution in [2.45, 2.75) is 26.2 Å². The number of halogens is 2. The molecule has 1 atom stereocenters. The summed E-state index contributed by atoms with van der Waals surface area (Å²) in [6.45, 7) is 11.6. The topological polar surface area (TPSA) is 62.7 Å². The average molecular weight is 476 g/mol. The molecule has 2 N–H and O–H groups in total. The van der Waals surface area contributed by atoms with E-state index in [1.807, 2.05) is 44.2 Å². The molecule has 0 bridgehead atoms. The normalized spacial score (nSPS) is 12.4. The summed E-state index contributed by atoms with van der Waals surface area (Å²) >= 11 is 5.87. The summed E-state index contributed by atoms with van der Waals surface area (Å²) < 4.78 is 14.1. The van der Waals surface area contributed by atoms with E-state index in [-0.39, 0.29) is 10.9 Å². The molecule has 7 heteroatoms. The van der Waals surface area contributed by atoms with Gasteiger partial charge in [-0.15, -0.1) is 0 Å². The van der Waals surface area contributed by atoms with Gasteiger partial charge in [0.1, 0.15) is 5.82 Å². The van der Waals surface area contributed by atoms with Crippen LogP contribution in [0.15, 0.2) is 86.5 Å². The first kappa shape index (κ1) is 24.9. The number of anilines is 2. The summed E-state index contributed by atoms with van der Waals surface area (Å²) in [4.78, 5) is 13.4. The molecular weight excluding hydrogens is 449 g/mol. The van der Waals surface area contributed by atoms with Crippen molar-refractivity contribution in [3.63, 3.8) is 0 Å². The first-order valence-corrected chi connectivity index (χ1v) is 11.2. The van der Waals surface area contributed by atoms with Crippen LogP contribution in [0.2, 0.25) is 5.02 Å². The molecule has 1 unspecified atom stereocenters. The predicted molar refractivity (Wildman–Crippen MR) is 139 cm³/mol. The number of allylic oxidation sites excluding steroid dienone is 4.